The van der Waals surface area contributed by atoms with Gasteiger partial charge in [0.1, 0.15) is 5.58 Å². The summed E-state index contributed by atoms with van der Waals surface area (Å²) < 4.78 is 37.8. The summed E-state index contributed by atoms with van der Waals surface area (Å²) in [4.78, 5) is 17.3. The normalized spacial score (nSPS) is 15.0. The molecule has 0 bridgehead atoms. The molecule has 1 N–H and O–H groups in total. The van der Waals surface area contributed by atoms with Gasteiger partial charge in [0.25, 0.3) is 0 Å². The van der Waals surface area contributed by atoms with Gasteiger partial charge in [-0.3, -0.25) is 4.79 Å². The van der Waals surface area contributed by atoms with E-state index in [1.165, 1.54) is 15.6 Å². The highest BCUT2D eigenvalue weighted by Crippen LogP contribution is 2.28. The summed E-state index contributed by atoms with van der Waals surface area (Å²) in [5.74, 6) is -0.183. The molecular weight excluding hydrogens is 474 g/mol. The number of nitrogens with one attached hydrogen (secondary N) is 1. The minimum atomic E-state index is -3.54. The maximum atomic E-state index is 12.8. The third-order valence-corrected chi connectivity index (χ3v) is 8.34. The van der Waals surface area contributed by atoms with Crippen molar-refractivity contribution in [2.75, 3.05) is 31.6 Å². The van der Waals surface area contributed by atoms with E-state index in [9.17, 15) is 13.2 Å². The Morgan fingerprint density at radius 2 is 1.91 bits per heavy atom. The molecule has 0 unspecified atom stereocenters. The number of fused-ring (bicyclic) bond motifs is 1. The number of benzene rings is 2. The van der Waals surface area contributed by atoms with Crippen molar-refractivity contribution in [3.63, 3.8) is 0 Å². The number of carbonyl (C=O) groups is 1. The second-order valence-corrected chi connectivity index (χ2v) is 10.9. The van der Waals surface area contributed by atoms with Crippen LogP contribution in [0.25, 0.3) is 22.2 Å². The quantitative estimate of drug-likeness (QED) is 0.431. The van der Waals surface area contributed by atoms with Crippen LogP contribution >= 0.6 is 11.3 Å². The number of amides is 1. The molecule has 2 aromatic carbocycles. The fourth-order valence-corrected chi connectivity index (χ4v) is 6.01. The lowest BCUT2D eigenvalue weighted by Gasteiger charge is -2.26. The van der Waals surface area contributed by atoms with Crippen LogP contribution in [0.15, 0.2) is 63.4 Å². The summed E-state index contributed by atoms with van der Waals surface area (Å²) in [6, 6.07) is 12.5. The first kappa shape index (κ1) is 22.7. The highest BCUT2D eigenvalue weighted by molar-refractivity contribution is 7.89. The van der Waals surface area contributed by atoms with E-state index in [0.29, 0.717) is 37.1 Å². The Bertz CT molecular complexity index is 1440. The second kappa shape index (κ2) is 9.30. The van der Waals surface area contributed by atoms with Gasteiger partial charge in [-0.1, -0.05) is 23.8 Å². The van der Waals surface area contributed by atoms with E-state index in [0.717, 1.165) is 27.7 Å². The molecule has 4 aromatic rings. The summed E-state index contributed by atoms with van der Waals surface area (Å²) in [6.07, 6.45) is 1.79. The van der Waals surface area contributed by atoms with E-state index in [-0.39, 0.29) is 17.2 Å². The van der Waals surface area contributed by atoms with Crippen LogP contribution in [-0.4, -0.2) is 49.9 Å². The molecule has 5 rings (SSSR count). The highest BCUT2D eigenvalue weighted by Gasteiger charge is 2.26. The molecule has 34 heavy (non-hydrogen) atoms. The van der Waals surface area contributed by atoms with Crippen LogP contribution < -0.4 is 5.32 Å². The number of ether oxygens (including phenoxy) is 1. The van der Waals surface area contributed by atoms with E-state index >= 15 is 0 Å². The molecular formula is C24H23N3O5S2. The molecule has 0 spiro atoms. The molecule has 176 valence electrons. The minimum absolute atomic E-state index is 0.180. The second-order valence-electron chi connectivity index (χ2n) is 8.06. The summed E-state index contributed by atoms with van der Waals surface area (Å²) in [6.45, 7) is 3.51. The van der Waals surface area contributed by atoms with Gasteiger partial charge in [0.2, 0.25) is 15.9 Å². The van der Waals surface area contributed by atoms with Crippen molar-refractivity contribution in [1.82, 2.24) is 9.29 Å². The van der Waals surface area contributed by atoms with Gasteiger partial charge in [0.05, 0.1) is 36.5 Å². The topological polar surface area (TPSA) is 102 Å². The highest BCUT2D eigenvalue weighted by atomic mass is 32.2. The molecule has 1 amide bonds. The lowest BCUT2D eigenvalue weighted by molar-refractivity contribution is -0.115. The number of nitrogens with zero attached hydrogens (tertiary/aromatic N) is 2. The first-order chi connectivity index (χ1) is 16.4. The van der Waals surface area contributed by atoms with Crippen LogP contribution in [0.1, 0.15) is 11.1 Å². The van der Waals surface area contributed by atoms with Crippen molar-refractivity contribution in [3.8, 4) is 11.3 Å². The molecule has 3 heterocycles. The molecule has 1 aliphatic rings. The number of hydrogen-bond acceptors (Lipinski definition) is 7. The van der Waals surface area contributed by atoms with Gasteiger partial charge in [0, 0.05) is 35.0 Å². The zero-order chi connectivity index (χ0) is 23.7. The molecule has 1 saturated heterocycles. The Labute approximate surface area is 201 Å². The monoisotopic (exact) mass is 497 g/mol. The van der Waals surface area contributed by atoms with Crippen LogP contribution in [0.2, 0.25) is 0 Å². The smallest absolute Gasteiger partial charge is 0.243 e. The zero-order valence-electron chi connectivity index (χ0n) is 18.5. The van der Waals surface area contributed by atoms with Gasteiger partial charge in [-0.25, -0.2) is 13.4 Å². The summed E-state index contributed by atoms with van der Waals surface area (Å²) >= 11 is 1.32. The van der Waals surface area contributed by atoms with E-state index < -0.39 is 10.0 Å². The Kier molecular flexibility index (Phi) is 6.22. The predicted molar refractivity (Wildman–Crippen MR) is 130 cm³/mol. The first-order valence-electron chi connectivity index (χ1n) is 10.8. The number of anilines is 1. The lowest BCUT2D eigenvalue weighted by Crippen LogP contribution is -2.40. The van der Waals surface area contributed by atoms with Crippen molar-refractivity contribution < 1.29 is 22.4 Å². The first-order valence-corrected chi connectivity index (χ1v) is 13.1. The van der Waals surface area contributed by atoms with E-state index in [1.54, 1.807) is 30.5 Å². The van der Waals surface area contributed by atoms with Crippen molar-refractivity contribution >= 4 is 43.4 Å². The Balaban J connectivity index is 1.26. The van der Waals surface area contributed by atoms with Crippen molar-refractivity contribution in [3.05, 3.63) is 65.2 Å². The summed E-state index contributed by atoms with van der Waals surface area (Å²) in [7, 11) is -3.54. The number of furan rings is 1. The Morgan fingerprint density at radius 1 is 1.15 bits per heavy atom. The van der Waals surface area contributed by atoms with Crippen molar-refractivity contribution in [2.24, 2.45) is 0 Å². The van der Waals surface area contributed by atoms with E-state index in [4.69, 9.17) is 9.15 Å². The summed E-state index contributed by atoms with van der Waals surface area (Å²) in [5.41, 5.74) is 4.12. The predicted octanol–water partition coefficient (Wildman–Crippen LogP) is 4.07. The molecule has 0 radical (unpaired) electrons. The molecule has 0 atom stereocenters. The number of aryl methyl sites for hydroxylation is 1. The number of sulfonamides is 1. The molecule has 1 aliphatic heterocycles. The van der Waals surface area contributed by atoms with Gasteiger partial charge in [-0.2, -0.15) is 4.31 Å². The van der Waals surface area contributed by atoms with Crippen molar-refractivity contribution in [2.45, 2.75) is 18.2 Å². The van der Waals surface area contributed by atoms with Crippen molar-refractivity contribution in [1.29, 1.82) is 0 Å². The third-order valence-electron chi connectivity index (χ3n) is 5.67. The number of morpholine rings is 1. The van der Waals surface area contributed by atoms with Gasteiger partial charge >= 0.3 is 0 Å². The minimum Gasteiger partial charge on any atom is -0.464 e. The van der Waals surface area contributed by atoms with Crippen LogP contribution in [0.5, 0.6) is 0 Å². The average molecular weight is 498 g/mol. The van der Waals surface area contributed by atoms with E-state index in [1.807, 2.05) is 30.5 Å². The fourth-order valence-electron chi connectivity index (χ4n) is 3.87. The lowest BCUT2D eigenvalue weighted by atomic mass is 10.1. The SMILES string of the molecule is Cc1ccc2occ(CC(=O)Nc3nc(-c4ccc(S(=O)(=O)N5CCOCC5)cc4)cs3)c2c1. The molecule has 2 aromatic heterocycles. The van der Waals surface area contributed by atoms with Crippen LogP contribution in [-0.2, 0) is 26.0 Å². The largest absolute Gasteiger partial charge is 0.464 e. The third kappa shape index (κ3) is 4.62. The Hall–Kier alpha value is -3.05. The molecule has 1 fully saturated rings. The fraction of sp³-hybridized carbons (Fsp3) is 0.250. The van der Waals surface area contributed by atoms with Crippen LogP contribution in [0.3, 0.4) is 0 Å². The van der Waals surface area contributed by atoms with E-state index in [2.05, 4.69) is 10.3 Å². The number of hydrogen-bond donors (Lipinski definition) is 1. The summed E-state index contributed by atoms with van der Waals surface area (Å²) in [5, 5.41) is 6.08. The zero-order valence-corrected chi connectivity index (χ0v) is 20.1. The van der Waals surface area contributed by atoms with Crippen LogP contribution in [0.4, 0.5) is 5.13 Å². The Morgan fingerprint density at radius 3 is 2.68 bits per heavy atom. The number of rotatable bonds is 6. The molecule has 10 heteroatoms. The van der Waals surface area contributed by atoms with Gasteiger partial charge < -0.3 is 14.5 Å². The standard InChI is InChI=1S/C24H23N3O5S2/c1-16-2-7-22-20(12-16)18(14-32-22)13-23(28)26-24-25-21(15-33-24)17-3-5-19(6-4-17)34(29,30)27-8-10-31-11-9-27/h2-7,12,14-15H,8-11,13H2,1H3,(H,25,26,28). The molecule has 0 aliphatic carbocycles. The number of thiazole rings is 1. The number of aromatic nitrogens is 1. The van der Waals surface area contributed by atoms with Crippen LogP contribution in [0, 0.1) is 6.92 Å². The van der Waals surface area contributed by atoms with Gasteiger partial charge in [-0.05, 0) is 31.2 Å². The van der Waals surface area contributed by atoms with Gasteiger partial charge in [0.15, 0.2) is 5.13 Å². The maximum Gasteiger partial charge on any atom is 0.243 e. The maximum absolute atomic E-state index is 12.8. The van der Waals surface area contributed by atoms with Gasteiger partial charge in [-0.15, -0.1) is 11.3 Å². The molecule has 0 saturated carbocycles. The number of carbonyl (C=O) groups excluding carboxylic acids is 1. The molecule has 8 nitrogen and oxygen atoms in total. The average Bonchev–Trinajstić information content (AvgIpc) is 3.47.